The minimum atomic E-state index is -0.249. The second kappa shape index (κ2) is 3.54. The number of ether oxygens (including phenoxy) is 1. The van der Waals surface area contributed by atoms with Gasteiger partial charge in [-0.25, -0.2) is 0 Å². The maximum atomic E-state index is 11.0. The molecule has 0 atom stereocenters. The Labute approximate surface area is 75.4 Å². The van der Waals surface area contributed by atoms with Gasteiger partial charge < -0.3 is 4.74 Å². The van der Waals surface area contributed by atoms with Gasteiger partial charge in [0, 0.05) is 13.1 Å². The van der Waals surface area contributed by atoms with Gasteiger partial charge in [0.05, 0.1) is 12.1 Å². The molecule has 0 saturated heterocycles. The first-order chi connectivity index (χ1) is 5.69. The number of nitrogens with zero attached hydrogens (tertiary/aromatic N) is 1. The van der Waals surface area contributed by atoms with Crippen LogP contribution in [0.4, 0.5) is 0 Å². The van der Waals surface area contributed by atoms with Crippen LogP contribution in [0.15, 0.2) is 27.9 Å². The molecular weight excluding hydrogens is 178 g/mol. The summed E-state index contributed by atoms with van der Waals surface area (Å²) in [5.41, 5.74) is 0.585. The predicted molar refractivity (Wildman–Crippen MR) is 47.4 cm³/mol. The van der Waals surface area contributed by atoms with Crippen molar-refractivity contribution < 1.29 is 9.53 Å². The molecule has 3 nitrogen and oxygen atoms in total. The maximum absolute atomic E-state index is 11.0. The van der Waals surface area contributed by atoms with Crippen molar-refractivity contribution in [3.05, 3.63) is 22.9 Å². The van der Waals surface area contributed by atoms with Crippen molar-refractivity contribution in [2.24, 2.45) is 4.99 Å². The number of hydrogen-bond acceptors (Lipinski definition) is 3. The van der Waals surface area contributed by atoms with Crippen LogP contribution in [0.25, 0.3) is 0 Å². The molecule has 0 unspecified atom stereocenters. The topological polar surface area (TPSA) is 38.7 Å². The van der Waals surface area contributed by atoms with Crippen LogP contribution in [0.5, 0.6) is 0 Å². The van der Waals surface area contributed by atoms with Crippen LogP contribution in [0.1, 0.15) is 0 Å². The molecule has 1 aliphatic carbocycles. The lowest BCUT2D eigenvalue weighted by Crippen LogP contribution is -2.11. The van der Waals surface area contributed by atoms with Gasteiger partial charge in [-0.2, -0.15) is 0 Å². The van der Waals surface area contributed by atoms with Crippen molar-refractivity contribution >= 4 is 23.1 Å². The number of halogens is 1. The van der Waals surface area contributed by atoms with Crippen LogP contribution in [0.3, 0.4) is 0 Å². The Morgan fingerprint density at radius 3 is 2.67 bits per heavy atom. The number of allylic oxidation sites excluding steroid dienone is 3. The normalized spacial score (nSPS) is 20.6. The minimum absolute atomic E-state index is 0.163. The zero-order chi connectivity index (χ0) is 9.14. The van der Waals surface area contributed by atoms with E-state index in [1.54, 1.807) is 7.05 Å². The van der Waals surface area contributed by atoms with E-state index in [1.165, 1.54) is 19.3 Å². The molecule has 64 valence electrons. The van der Waals surface area contributed by atoms with Gasteiger partial charge in [-0.3, -0.25) is 9.79 Å². The zero-order valence-electron chi connectivity index (χ0n) is 6.80. The van der Waals surface area contributed by atoms with Gasteiger partial charge in [-0.15, -0.1) is 0 Å². The van der Waals surface area contributed by atoms with E-state index < -0.39 is 0 Å². The predicted octanol–water partition coefficient (Wildman–Crippen LogP) is 1.29. The molecule has 0 aliphatic heterocycles. The molecule has 0 bridgehead atoms. The van der Waals surface area contributed by atoms with E-state index in [0.717, 1.165) is 0 Å². The van der Waals surface area contributed by atoms with Crippen LogP contribution < -0.4 is 0 Å². The third-order valence-corrected chi connectivity index (χ3v) is 1.77. The van der Waals surface area contributed by atoms with Gasteiger partial charge in [-0.05, 0) is 6.08 Å². The molecule has 0 amide bonds. The van der Waals surface area contributed by atoms with Crippen LogP contribution in [-0.4, -0.2) is 25.7 Å². The first-order valence-corrected chi connectivity index (χ1v) is 3.71. The Morgan fingerprint density at radius 1 is 1.50 bits per heavy atom. The van der Waals surface area contributed by atoms with Gasteiger partial charge >= 0.3 is 0 Å². The summed E-state index contributed by atoms with van der Waals surface area (Å²) in [4.78, 5) is 14.9. The lowest BCUT2D eigenvalue weighted by molar-refractivity contribution is -0.110. The Bertz CT molecular complexity index is 302. The molecule has 12 heavy (non-hydrogen) atoms. The van der Waals surface area contributed by atoms with E-state index in [1.807, 2.05) is 0 Å². The monoisotopic (exact) mass is 185 g/mol. The highest BCUT2D eigenvalue weighted by Gasteiger charge is 2.16. The van der Waals surface area contributed by atoms with Crippen LogP contribution in [-0.2, 0) is 9.53 Å². The molecule has 4 heteroatoms. The average Bonchev–Trinajstić information content (AvgIpc) is 2.09. The summed E-state index contributed by atoms with van der Waals surface area (Å²) in [6.45, 7) is 0. The summed E-state index contributed by atoms with van der Waals surface area (Å²) in [6, 6.07) is 0. The van der Waals surface area contributed by atoms with Gasteiger partial charge in [0.1, 0.15) is 11.5 Å². The van der Waals surface area contributed by atoms with Crippen molar-refractivity contribution in [3.63, 3.8) is 0 Å². The van der Waals surface area contributed by atoms with E-state index in [9.17, 15) is 4.79 Å². The molecule has 0 spiro atoms. The van der Waals surface area contributed by atoms with E-state index in [0.29, 0.717) is 11.5 Å². The van der Waals surface area contributed by atoms with E-state index in [2.05, 4.69) is 4.99 Å². The maximum Gasteiger partial charge on any atom is 0.201 e. The van der Waals surface area contributed by atoms with Gasteiger partial charge in [0.15, 0.2) is 0 Å². The fourth-order valence-electron chi connectivity index (χ4n) is 0.862. The van der Waals surface area contributed by atoms with Crippen molar-refractivity contribution in [1.82, 2.24) is 0 Å². The number of aliphatic imine (C=N–C) groups is 1. The number of rotatable bonds is 1. The molecule has 0 fully saturated rings. The molecule has 0 radical (unpaired) electrons. The molecule has 0 N–H and O–H groups in total. The number of ketones is 1. The summed E-state index contributed by atoms with van der Waals surface area (Å²) < 4.78 is 4.92. The molecular formula is C8H8ClNO2. The quantitative estimate of drug-likeness (QED) is 0.578. The summed E-state index contributed by atoms with van der Waals surface area (Å²) in [5.74, 6) is 0.202. The summed E-state index contributed by atoms with van der Waals surface area (Å²) >= 11 is 5.59. The fourth-order valence-corrected chi connectivity index (χ4v) is 1.02. The number of carbonyl (C=O) groups is 1. The molecule has 0 saturated carbocycles. The molecule has 0 heterocycles. The molecule has 1 aliphatic rings. The van der Waals surface area contributed by atoms with Crippen LogP contribution in [0, 0.1) is 0 Å². The second-order valence-electron chi connectivity index (χ2n) is 2.18. The van der Waals surface area contributed by atoms with Gasteiger partial charge in [0.2, 0.25) is 5.78 Å². The fraction of sp³-hybridized carbons (Fsp3) is 0.250. The third kappa shape index (κ3) is 1.56. The SMILES string of the molecule is CN=C1C=C(Cl)C(=O)C=C1OC. The lowest BCUT2D eigenvalue weighted by Gasteiger charge is -2.09. The number of carbonyl (C=O) groups excluding carboxylic acids is 1. The van der Waals surface area contributed by atoms with Crippen molar-refractivity contribution in [1.29, 1.82) is 0 Å². The summed E-state index contributed by atoms with van der Waals surface area (Å²) in [5, 5.41) is 0.163. The summed E-state index contributed by atoms with van der Waals surface area (Å²) in [6.07, 6.45) is 2.81. The molecule has 1 rings (SSSR count). The Morgan fingerprint density at radius 2 is 2.17 bits per heavy atom. The van der Waals surface area contributed by atoms with Crippen LogP contribution >= 0.6 is 11.6 Å². The minimum Gasteiger partial charge on any atom is -0.494 e. The highest BCUT2D eigenvalue weighted by atomic mass is 35.5. The van der Waals surface area contributed by atoms with Crippen LogP contribution in [0.2, 0.25) is 0 Å². The van der Waals surface area contributed by atoms with Gasteiger partial charge in [0.25, 0.3) is 0 Å². The average molecular weight is 186 g/mol. The van der Waals surface area contributed by atoms with E-state index in [4.69, 9.17) is 16.3 Å². The first kappa shape index (κ1) is 9.00. The van der Waals surface area contributed by atoms with Gasteiger partial charge in [-0.1, -0.05) is 11.6 Å². The number of hydrogen-bond donors (Lipinski definition) is 0. The Kier molecular flexibility index (Phi) is 2.65. The van der Waals surface area contributed by atoms with Crippen molar-refractivity contribution in [3.8, 4) is 0 Å². The smallest absolute Gasteiger partial charge is 0.201 e. The zero-order valence-corrected chi connectivity index (χ0v) is 7.55. The van der Waals surface area contributed by atoms with Crippen molar-refractivity contribution in [2.45, 2.75) is 0 Å². The standard InChI is InChI=1S/C8H8ClNO2/c1-10-6-3-5(9)7(11)4-8(6)12-2/h3-4H,1-2H3. The summed E-state index contributed by atoms with van der Waals surface area (Å²) in [7, 11) is 3.09. The highest BCUT2D eigenvalue weighted by Crippen LogP contribution is 2.15. The highest BCUT2D eigenvalue weighted by molar-refractivity contribution is 6.47. The van der Waals surface area contributed by atoms with E-state index >= 15 is 0 Å². The largest absolute Gasteiger partial charge is 0.494 e. The molecule has 0 aromatic rings. The number of methoxy groups -OCH3 is 1. The Hall–Kier alpha value is -1.09. The molecule has 0 aromatic carbocycles. The second-order valence-corrected chi connectivity index (χ2v) is 2.59. The molecule has 0 aromatic heterocycles. The Balaban J connectivity index is 3.06. The van der Waals surface area contributed by atoms with E-state index in [-0.39, 0.29) is 10.8 Å². The third-order valence-electron chi connectivity index (χ3n) is 1.47. The lowest BCUT2D eigenvalue weighted by atomic mass is 10.1. The van der Waals surface area contributed by atoms with Crippen molar-refractivity contribution in [2.75, 3.05) is 14.2 Å². The first-order valence-electron chi connectivity index (χ1n) is 3.33.